The summed E-state index contributed by atoms with van der Waals surface area (Å²) in [5, 5.41) is 0. The minimum absolute atomic E-state index is 0.0275. The summed E-state index contributed by atoms with van der Waals surface area (Å²) in [4.78, 5) is 10.4. The van der Waals surface area contributed by atoms with E-state index >= 15 is 0 Å². The van der Waals surface area contributed by atoms with E-state index < -0.39 is 24.7 Å². The fraction of sp³-hybridized carbons (Fsp3) is 0.417. The highest BCUT2D eigenvalue weighted by Crippen LogP contribution is 2.41. The molecule has 2 rings (SSSR count). The molecular formula is C12H13F2NO3. The molecule has 0 fully saturated rings. The first-order valence-corrected chi connectivity index (χ1v) is 5.52. The zero-order chi connectivity index (χ0) is 13.2. The Morgan fingerprint density at radius 2 is 2.22 bits per heavy atom. The number of amides is 1. The second-order valence-electron chi connectivity index (χ2n) is 4.05. The first-order chi connectivity index (χ1) is 8.50. The van der Waals surface area contributed by atoms with Crippen LogP contribution < -0.4 is 5.73 Å². The van der Waals surface area contributed by atoms with Crippen molar-refractivity contribution in [2.45, 2.75) is 18.4 Å². The van der Waals surface area contributed by atoms with E-state index in [9.17, 15) is 13.6 Å². The highest BCUT2D eigenvalue weighted by Gasteiger charge is 2.40. The van der Waals surface area contributed by atoms with E-state index in [4.69, 9.17) is 10.5 Å². The molecule has 18 heavy (non-hydrogen) atoms. The Hall–Kier alpha value is -1.69. The fourth-order valence-electron chi connectivity index (χ4n) is 1.99. The second-order valence-corrected chi connectivity index (χ2v) is 4.05. The van der Waals surface area contributed by atoms with Gasteiger partial charge in [-0.3, -0.25) is 0 Å². The minimum Gasteiger partial charge on any atom is -0.450 e. The lowest BCUT2D eigenvalue weighted by Gasteiger charge is -2.31. The van der Waals surface area contributed by atoms with Gasteiger partial charge in [0, 0.05) is 12.0 Å². The van der Waals surface area contributed by atoms with Gasteiger partial charge in [0.15, 0.2) is 0 Å². The number of primary amides is 1. The first kappa shape index (κ1) is 12.8. The van der Waals surface area contributed by atoms with Crippen molar-refractivity contribution in [2.75, 3.05) is 13.2 Å². The largest absolute Gasteiger partial charge is 0.450 e. The number of hydrogen-bond acceptors (Lipinski definition) is 3. The maximum absolute atomic E-state index is 13.6. The monoisotopic (exact) mass is 257 g/mol. The van der Waals surface area contributed by atoms with Crippen molar-refractivity contribution in [1.29, 1.82) is 0 Å². The summed E-state index contributed by atoms with van der Waals surface area (Å²) in [7, 11) is 0. The van der Waals surface area contributed by atoms with Gasteiger partial charge in [-0.15, -0.1) is 0 Å². The lowest BCUT2D eigenvalue weighted by Crippen LogP contribution is -2.31. The van der Waals surface area contributed by atoms with Crippen molar-refractivity contribution >= 4 is 6.09 Å². The number of carbonyl (C=O) groups is 1. The van der Waals surface area contributed by atoms with E-state index in [2.05, 4.69) is 4.74 Å². The molecule has 1 unspecified atom stereocenters. The van der Waals surface area contributed by atoms with Crippen molar-refractivity contribution in [2.24, 2.45) is 5.73 Å². The van der Waals surface area contributed by atoms with Crippen molar-refractivity contribution in [3.05, 3.63) is 35.4 Å². The summed E-state index contributed by atoms with van der Waals surface area (Å²) in [5.74, 6) is -2.97. The number of benzene rings is 1. The van der Waals surface area contributed by atoms with E-state index in [1.807, 2.05) is 0 Å². The highest BCUT2D eigenvalue weighted by atomic mass is 19.3. The molecule has 0 aromatic heterocycles. The van der Waals surface area contributed by atoms with Crippen LogP contribution in [0, 0.1) is 0 Å². The predicted octanol–water partition coefficient (Wildman–Crippen LogP) is 2.34. The number of ether oxygens (including phenoxy) is 2. The molecule has 2 N–H and O–H groups in total. The molecule has 1 aliphatic rings. The molecule has 1 heterocycles. The van der Waals surface area contributed by atoms with E-state index in [1.54, 1.807) is 18.2 Å². The molecule has 1 atom stereocenters. The van der Waals surface area contributed by atoms with Crippen LogP contribution in [0.25, 0.3) is 0 Å². The van der Waals surface area contributed by atoms with Gasteiger partial charge in [-0.2, -0.15) is 8.78 Å². The van der Waals surface area contributed by atoms with Gasteiger partial charge in [0.25, 0.3) is 5.92 Å². The SMILES string of the molecule is NC(=O)OCCC1OCC(F)(F)c2ccccc21. The normalized spacial score (nSPS) is 21.1. The molecule has 98 valence electrons. The summed E-state index contributed by atoms with van der Waals surface area (Å²) < 4.78 is 36.9. The van der Waals surface area contributed by atoms with Crippen molar-refractivity contribution in [1.82, 2.24) is 0 Å². The summed E-state index contributed by atoms with van der Waals surface area (Å²) >= 11 is 0. The topological polar surface area (TPSA) is 61.6 Å². The molecule has 0 radical (unpaired) electrons. The van der Waals surface area contributed by atoms with Crippen LogP contribution in [0.4, 0.5) is 13.6 Å². The molecule has 0 spiro atoms. The van der Waals surface area contributed by atoms with Gasteiger partial charge in [-0.1, -0.05) is 24.3 Å². The van der Waals surface area contributed by atoms with Crippen molar-refractivity contribution < 1.29 is 23.0 Å². The quantitative estimate of drug-likeness (QED) is 0.904. The third-order valence-electron chi connectivity index (χ3n) is 2.79. The zero-order valence-electron chi connectivity index (χ0n) is 9.57. The lowest BCUT2D eigenvalue weighted by molar-refractivity contribution is -0.128. The molecule has 1 aliphatic heterocycles. The van der Waals surface area contributed by atoms with Crippen LogP contribution in [-0.2, 0) is 15.4 Å². The molecule has 0 aliphatic carbocycles. The Labute approximate surface area is 103 Å². The third kappa shape index (κ3) is 2.59. The predicted molar refractivity (Wildman–Crippen MR) is 59.2 cm³/mol. The van der Waals surface area contributed by atoms with Gasteiger partial charge in [-0.25, -0.2) is 4.79 Å². The number of halogens is 2. The van der Waals surface area contributed by atoms with Crippen LogP contribution in [0.3, 0.4) is 0 Å². The van der Waals surface area contributed by atoms with Gasteiger partial charge in [0.05, 0.1) is 12.7 Å². The second kappa shape index (κ2) is 4.89. The Morgan fingerprint density at radius 3 is 2.94 bits per heavy atom. The van der Waals surface area contributed by atoms with Crippen LogP contribution >= 0.6 is 0 Å². The number of hydrogen-bond donors (Lipinski definition) is 1. The summed E-state index contributed by atoms with van der Waals surface area (Å²) in [6.07, 6.45) is -1.08. The summed E-state index contributed by atoms with van der Waals surface area (Å²) in [6.45, 7) is -0.620. The number of alkyl halides is 2. The maximum atomic E-state index is 13.6. The molecule has 0 saturated carbocycles. The average Bonchev–Trinajstić information content (AvgIpc) is 2.32. The fourth-order valence-corrected chi connectivity index (χ4v) is 1.99. The number of rotatable bonds is 3. The van der Waals surface area contributed by atoms with Gasteiger partial charge >= 0.3 is 6.09 Å². The highest BCUT2D eigenvalue weighted by molar-refractivity contribution is 5.64. The average molecular weight is 257 g/mol. The standard InChI is InChI=1S/C12H13F2NO3/c13-12(14)7-18-10(5-6-17-11(15)16)8-3-1-2-4-9(8)12/h1-4,10H,5-7H2,(H2,15,16). The van der Waals surface area contributed by atoms with Gasteiger partial charge in [0.1, 0.15) is 6.61 Å². The Balaban J connectivity index is 2.13. The van der Waals surface area contributed by atoms with Crippen molar-refractivity contribution in [3.8, 4) is 0 Å². The molecule has 1 amide bonds. The Kier molecular flexibility index (Phi) is 3.47. The van der Waals surface area contributed by atoms with Gasteiger partial charge < -0.3 is 15.2 Å². The Morgan fingerprint density at radius 1 is 1.50 bits per heavy atom. The minimum atomic E-state index is -2.97. The van der Waals surface area contributed by atoms with E-state index in [1.165, 1.54) is 6.07 Å². The molecule has 4 nitrogen and oxygen atoms in total. The molecule has 1 aromatic rings. The molecule has 0 saturated heterocycles. The first-order valence-electron chi connectivity index (χ1n) is 5.52. The van der Waals surface area contributed by atoms with Crippen LogP contribution in [0.15, 0.2) is 24.3 Å². The molecule has 0 bridgehead atoms. The van der Waals surface area contributed by atoms with Crippen LogP contribution in [-0.4, -0.2) is 19.3 Å². The lowest BCUT2D eigenvalue weighted by atomic mass is 9.94. The number of fused-ring (bicyclic) bond motifs is 1. The molecule has 1 aromatic carbocycles. The summed E-state index contributed by atoms with van der Waals surface area (Å²) in [5.41, 5.74) is 5.23. The van der Waals surface area contributed by atoms with Gasteiger partial charge in [0.2, 0.25) is 0 Å². The van der Waals surface area contributed by atoms with Crippen LogP contribution in [0.1, 0.15) is 23.7 Å². The number of carbonyl (C=O) groups excluding carboxylic acids is 1. The van der Waals surface area contributed by atoms with Crippen LogP contribution in [0.2, 0.25) is 0 Å². The molecule has 6 heteroatoms. The third-order valence-corrected chi connectivity index (χ3v) is 2.79. The smallest absolute Gasteiger partial charge is 0.404 e. The van der Waals surface area contributed by atoms with E-state index in [0.29, 0.717) is 12.0 Å². The molecular weight excluding hydrogens is 244 g/mol. The number of nitrogens with two attached hydrogens (primary N) is 1. The van der Waals surface area contributed by atoms with Crippen molar-refractivity contribution in [3.63, 3.8) is 0 Å². The van der Waals surface area contributed by atoms with E-state index in [0.717, 1.165) is 0 Å². The zero-order valence-corrected chi connectivity index (χ0v) is 9.57. The van der Waals surface area contributed by atoms with Gasteiger partial charge in [-0.05, 0) is 5.56 Å². The Bertz CT molecular complexity index is 451. The summed E-state index contributed by atoms with van der Waals surface area (Å²) in [6, 6.07) is 6.22. The van der Waals surface area contributed by atoms with E-state index in [-0.39, 0.29) is 12.2 Å². The van der Waals surface area contributed by atoms with Crippen LogP contribution in [0.5, 0.6) is 0 Å². The maximum Gasteiger partial charge on any atom is 0.404 e.